The smallest absolute Gasteiger partial charge is 0.262 e. The number of thiophene rings is 1. The Kier molecular flexibility index (Phi) is 7.74. The molecule has 1 aliphatic carbocycles. The summed E-state index contributed by atoms with van der Waals surface area (Å²) in [7, 11) is 0. The molecule has 8 heteroatoms. The second-order valence-electron chi connectivity index (χ2n) is 9.77. The summed E-state index contributed by atoms with van der Waals surface area (Å²) in [5.74, 6) is 0.465. The number of halogens is 2. The molecule has 0 saturated heterocycles. The van der Waals surface area contributed by atoms with Crippen LogP contribution in [0.15, 0.2) is 48.5 Å². The normalized spacial score (nSPS) is 15.3. The molecule has 184 valence electrons. The van der Waals surface area contributed by atoms with E-state index in [-0.39, 0.29) is 23.8 Å². The molecule has 1 unspecified atom stereocenters. The van der Waals surface area contributed by atoms with Crippen molar-refractivity contribution in [3.05, 3.63) is 74.6 Å². The maximum atomic E-state index is 13.4. The number of fused-ring (bicyclic) bond motifs is 1. The summed E-state index contributed by atoms with van der Waals surface area (Å²) in [5, 5.41) is 7.54. The molecular formula is C27H28Cl2N2O3S. The summed E-state index contributed by atoms with van der Waals surface area (Å²) in [6.07, 6.45) is 2.68. The van der Waals surface area contributed by atoms with Crippen molar-refractivity contribution in [2.24, 2.45) is 11.3 Å². The van der Waals surface area contributed by atoms with E-state index in [1.54, 1.807) is 48.5 Å². The van der Waals surface area contributed by atoms with Gasteiger partial charge in [-0.2, -0.15) is 0 Å². The standard InChI is InChI=1S/C27H28Cl2N2O3S/c1-27(2,3)16-7-12-21-22(13-16)35-26(24(21)25(33)30-19-6-4-5-18(29)14-19)31-23(32)15-34-20-10-8-17(28)9-11-20/h4-6,8-11,14,16H,7,12-13,15H2,1-3H3,(H,30,33)(H,31,32). The van der Waals surface area contributed by atoms with Crippen LogP contribution in [0.3, 0.4) is 0 Å². The number of hydrogen-bond acceptors (Lipinski definition) is 4. The number of nitrogens with one attached hydrogen (secondary N) is 2. The molecule has 0 radical (unpaired) electrons. The van der Waals surface area contributed by atoms with Crippen LogP contribution in [-0.4, -0.2) is 18.4 Å². The number of anilines is 2. The fourth-order valence-corrected chi connectivity index (χ4v) is 5.91. The average molecular weight is 532 g/mol. The number of benzene rings is 2. The summed E-state index contributed by atoms with van der Waals surface area (Å²) >= 11 is 13.5. The molecule has 4 rings (SSSR count). The third-order valence-corrected chi connectivity index (χ3v) is 7.89. The van der Waals surface area contributed by atoms with Crippen LogP contribution in [-0.2, 0) is 17.6 Å². The topological polar surface area (TPSA) is 67.4 Å². The zero-order valence-electron chi connectivity index (χ0n) is 19.9. The molecule has 0 saturated carbocycles. The lowest BCUT2D eigenvalue weighted by Gasteiger charge is -2.33. The maximum Gasteiger partial charge on any atom is 0.262 e. The molecule has 0 aliphatic heterocycles. The molecule has 2 amide bonds. The van der Waals surface area contributed by atoms with Crippen LogP contribution in [0, 0.1) is 11.3 Å². The third kappa shape index (κ3) is 6.37. The van der Waals surface area contributed by atoms with E-state index < -0.39 is 0 Å². The Balaban J connectivity index is 1.57. The van der Waals surface area contributed by atoms with Crippen LogP contribution in [0.2, 0.25) is 10.0 Å². The van der Waals surface area contributed by atoms with Gasteiger partial charge in [0.25, 0.3) is 11.8 Å². The third-order valence-electron chi connectivity index (χ3n) is 6.24. The first kappa shape index (κ1) is 25.5. The Hall–Kier alpha value is -2.54. The lowest BCUT2D eigenvalue weighted by molar-refractivity contribution is -0.118. The summed E-state index contributed by atoms with van der Waals surface area (Å²) in [4.78, 5) is 27.3. The first-order valence-corrected chi connectivity index (χ1v) is 13.1. The quantitative estimate of drug-likeness (QED) is 0.347. The fourth-order valence-electron chi connectivity index (χ4n) is 4.26. The lowest BCUT2D eigenvalue weighted by atomic mass is 9.72. The van der Waals surface area contributed by atoms with Crippen LogP contribution in [0.1, 0.15) is 48.0 Å². The van der Waals surface area contributed by atoms with Crippen LogP contribution in [0.25, 0.3) is 0 Å². The zero-order chi connectivity index (χ0) is 25.2. The predicted molar refractivity (Wildman–Crippen MR) is 144 cm³/mol. The second-order valence-corrected chi connectivity index (χ2v) is 11.7. The molecule has 3 aromatic rings. The van der Waals surface area contributed by atoms with Gasteiger partial charge in [-0.1, -0.05) is 50.0 Å². The van der Waals surface area contributed by atoms with Gasteiger partial charge in [-0.3, -0.25) is 9.59 Å². The highest BCUT2D eigenvalue weighted by Gasteiger charge is 2.34. The van der Waals surface area contributed by atoms with Gasteiger partial charge in [-0.25, -0.2) is 0 Å². The highest BCUT2D eigenvalue weighted by Crippen LogP contribution is 2.44. The molecule has 2 aromatic carbocycles. The number of carbonyl (C=O) groups is 2. The molecule has 0 fully saturated rings. The summed E-state index contributed by atoms with van der Waals surface area (Å²) < 4.78 is 5.59. The van der Waals surface area contributed by atoms with Gasteiger partial charge < -0.3 is 15.4 Å². The number of rotatable bonds is 6. The maximum absolute atomic E-state index is 13.4. The number of hydrogen-bond donors (Lipinski definition) is 2. The summed E-state index contributed by atoms with van der Waals surface area (Å²) in [5.41, 5.74) is 2.32. The molecule has 0 spiro atoms. The summed E-state index contributed by atoms with van der Waals surface area (Å²) in [6.45, 7) is 6.57. The lowest BCUT2D eigenvalue weighted by Crippen LogP contribution is -2.27. The fraction of sp³-hybridized carbons (Fsp3) is 0.333. The van der Waals surface area contributed by atoms with Gasteiger partial charge in [0, 0.05) is 20.6 Å². The molecule has 1 aromatic heterocycles. The van der Waals surface area contributed by atoms with Gasteiger partial charge in [-0.05, 0) is 78.6 Å². The van der Waals surface area contributed by atoms with Crippen molar-refractivity contribution in [1.29, 1.82) is 0 Å². The first-order valence-electron chi connectivity index (χ1n) is 11.5. The van der Waals surface area contributed by atoms with Crippen molar-refractivity contribution in [3.8, 4) is 5.75 Å². The van der Waals surface area contributed by atoms with Gasteiger partial charge >= 0.3 is 0 Å². The van der Waals surface area contributed by atoms with Crippen LogP contribution in [0.5, 0.6) is 5.75 Å². The van der Waals surface area contributed by atoms with Crippen LogP contribution in [0.4, 0.5) is 10.7 Å². The van der Waals surface area contributed by atoms with Crippen molar-refractivity contribution in [2.75, 3.05) is 17.2 Å². The van der Waals surface area contributed by atoms with Crippen molar-refractivity contribution in [1.82, 2.24) is 0 Å². The highest BCUT2D eigenvalue weighted by atomic mass is 35.5. The van der Waals surface area contributed by atoms with E-state index in [0.717, 1.165) is 29.7 Å². The molecule has 1 aliphatic rings. The Labute approximate surface area is 219 Å². The number of amides is 2. The molecule has 5 nitrogen and oxygen atoms in total. The van der Waals surface area contributed by atoms with E-state index in [1.807, 2.05) is 0 Å². The Morgan fingerprint density at radius 2 is 1.80 bits per heavy atom. The SMILES string of the molecule is CC(C)(C)C1CCc2c(sc(NC(=O)COc3ccc(Cl)cc3)c2C(=O)Nc2cccc(Cl)c2)C1. The minimum Gasteiger partial charge on any atom is -0.484 e. The number of carbonyl (C=O) groups excluding carboxylic acids is 2. The van der Waals surface area contributed by atoms with Crippen molar-refractivity contribution in [2.45, 2.75) is 40.0 Å². The van der Waals surface area contributed by atoms with Crippen LogP contribution < -0.4 is 15.4 Å². The van der Waals surface area contributed by atoms with Crippen molar-refractivity contribution >= 4 is 57.0 Å². The van der Waals surface area contributed by atoms with Gasteiger partial charge in [0.1, 0.15) is 10.8 Å². The monoisotopic (exact) mass is 530 g/mol. The highest BCUT2D eigenvalue weighted by molar-refractivity contribution is 7.17. The van der Waals surface area contributed by atoms with Crippen molar-refractivity contribution in [3.63, 3.8) is 0 Å². The number of ether oxygens (including phenoxy) is 1. The molecule has 2 N–H and O–H groups in total. The predicted octanol–water partition coefficient (Wildman–Crippen LogP) is 7.48. The second kappa shape index (κ2) is 10.6. The molecule has 1 atom stereocenters. The van der Waals surface area contributed by atoms with Gasteiger partial charge in [0.2, 0.25) is 0 Å². The van der Waals surface area contributed by atoms with Gasteiger partial charge in [-0.15, -0.1) is 11.3 Å². The van der Waals surface area contributed by atoms with E-state index in [4.69, 9.17) is 27.9 Å². The van der Waals surface area contributed by atoms with E-state index in [0.29, 0.717) is 38.0 Å². The minimum atomic E-state index is -0.331. The van der Waals surface area contributed by atoms with Gasteiger partial charge in [0.05, 0.1) is 5.56 Å². The van der Waals surface area contributed by atoms with E-state index in [2.05, 4.69) is 31.4 Å². The molecule has 1 heterocycles. The average Bonchev–Trinajstić information content (AvgIpc) is 3.15. The van der Waals surface area contributed by atoms with E-state index in [9.17, 15) is 9.59 Å². The Morgan fingerprint density at radius 3 is 2.49 bits per heavy atom. The zero-order valence-corrected chi connectivity index (χ0v) is 22.2. The molecule has 0 bridgehead atoms. The Morgan fingerprint density at radius 1 is 1.06 bits per heavy atom. The minimum absolute atomic E-state index is 0.167. The van der Waals surface area contributed by atoms with Crippen LogP contribution >= 0.6 is 34.5 Å². The molecule has 35 heavy (non-hydrogen) atoms. The largest absolute Gasteiger partial charge is 0.484 e. The summed E-state index contributed by atoms with van der Waals surface area (Å²) in [6, 6.07) is 13.8. The van der Waals surface area contributed by atoms with E-state index in [1.165, 1.54) is 11.3 Å². The van der Waals surface area contributed by atoms with E-state index >= 15 is 0 Å². The van der Waals surface area contributed by atoms with Gasteiger partial charge in [0.15, 0.2) is 6.61 Å². The van der Waals surface area contributed by atoms with Crippen molar-refractivity contribution < 1.29 is 14.3 Å². The Bertz CT molecular complexity index is 1230. The molecular weight excluding hydrogens is 503 g/mol. The first-order chi connectivity index (χ1) is 16.6.